The molecular formula is C11H16F2N2O2S. The highest BCUT2D eigenvalue weighted by molar-refractivity contribution is 7.93. The third-order valence-electron chi connectivity index (χ3n) is 2.66. The predicted molar refractivity (Wildman–Crippen MR) is 66.8 cm³/mol. The van der Waals surface area contributed by atoms with Crippen molar-refractivity contribution < 1.29 is 17.2 Å². The number of sulfonamides is 1. The Morgan fingerprint density at radius 1 is 1.33 bits per heavy atom. The van der Waals surface area contributed by atoms with E-state index in [-0.39, 0.29) is 12.1 Å². The van der Waals surface area contributed by atoms with Crippen molar-refractivity contribution in [3.8, 4) is 0 Å². The zero-order valence-corrected chi connectivity index (χ0v) is 11.0. The topological polar surface area (TPSA) is 72.2 Å². The van der Waals surface area contributed by atoms with E-state index in [1.54, 1.807) is 6.92 Å². The molecule has 18 heavy (non-hydrogen) atoms. The summed E-state index contributed by atoms with van der Waals surface area (Å²) in [5.74, 6) is -1.49. The Balaban J connectivity index is 3.08. The van der Waals surface area contributed by atoms with Gasteiger partial charge < -0.3 is 5.73 Å². The van der Waals surface area contributed by atoms with Gasteiger partial charge in [0, 0.05) is 12.6 Å². The molecule has 1 rings (SSSR count). The molecule has 1 atom stereocenters. The van der Waals surface area contributed by atoms with Gasteiger partial charge in [-0.25, -0.2) is 17.2 Å². The number of benzene rings is 1. The summed E-state index contributed by atoms with van der Waals surface area (Å²) in [7, 11) is -3.81. The van der Waals surface area contributed by atoms with Crippen molar-refractivity contribution in [2.75, 3.05) is 11.3 Å². The van der Waals surface area contributed by atoms with Crippen LogP contribution in [0, 0.1) is 18.6 Å². The molecule has 0 spiro atoms. The molecule has 0 aromatic heterocycles. The maximum Gasteiger partial charge on any atom is 0.236 e. The first-order chi connectivity index (χ1) is 8.31. The smallest absolute Gasteiger partial charge is 0.236 e. The zero-order chi connectivity index (χ0) is 13.9. The molecule has 0 saturated carbocycles. The van der Waals surface area contributed by atoms with Gasteiger partial charge in [-0.15, -0.1) is 0 Å². The first-order valence-electron chi connectivity index (χ1n) is 5.49. The number of aryl methyl sites for hydroxylation is 1. The molecule has 0 radical (unpaired) electrons. The fraction of sp³-hybridized carbons (Fsp3) is 0.455. The van der Waals surface area contributed by atoms with E-state index in [1.165, 1.54) is 6.92 Å². The van der Waals surface area contributed by atoms with Crippen LogP contribution in [-0.2, 0) is 10.0 Å². The maximum atomic E-state index is 13.5. The van der Waals surface area contributed by atoms with Crippen LogP contribution in [0.5, 0.6) is 0 Å². The van der Waals surface area contributed by atoms with Gasteiger partial charge in [0.25, 0.3) is 0 Å². The standard InChI is InChI=1S/C11H16F2N2O2S/c1-3-8(6-14)18(16,17)15-11-5-9(12)7(2)4-10(11)13/h4-5,8,15H,3,6,14H2,1-2H3. The Morgan fingerprint density at radius 3 is 2.44 bits per heavy atom. The molecule has 0 fully saturated rings. The quantitative estimate of drug-likeness (QED) is 0.862. The summed E-state index contributed by atoms with van der Waals surface area (Å²) in [6.07, 6.45) is 0.293. The number of nitrogens with one attached hydrogen (secondary N) is 1. The predicted octanol–water partition coefficient (Wildman–Crippen LogP) is 1.75. The summed E-state index contributed by atoms with van der Waals surface area (Å²) in [4.78, 5) is 0. The molecule has 0 saturated heterocycles. The van der Waals surface area contributed by atoms with E-state index < -0.39 is 32.6 Å². The molecule has 3 N–H and O–H groups in total. The fourth-order valence-electron chi connectivity index (χ4n) is 1.47. The van der Waals surface area contributed by atoms with Gasteiger partial charge in [-0.2, -0.15) is 0 Å². The van der Waals surface area contributed by atoms with Crippen molar-refractivity contribution in [2.24, 2.45) is 5.73 Å². The number of hydrogen-bond donors (Lipinski definition) is 2. The Bertz CT molecular complexity index is 528. The highest BCUT2D eigenvalue weighted by Crippen LogP contribution is 2.21. The molecule has 102 valence electrons. The average molecular weight is 278 g/mol. The van der Waals surface area contributed by atoms with E-state index in [4.69, 9.17) is 5.73 Å². The Hall–Kier alpha value is -1.21. The monoisotopic (exact) mass is 278 g/mol. The summed E-state index contributed by atoms with van der Waals surface area (Å²) in [6, 6.07) is 1.77. The van der Waals surface area contributed by atoms with Crippen LogP contribution in [0.3, 0.4) is 0 Å². The van der Waals surface area contributed by atoms with Crippen molar-refractivity contribution in [3.63, 3.8) is 0 Å². The van der Waals surface area contributed by atoms with Crippen LogP contribution < -0.4 is 10.5 Å². The van der Waals surface area contributed by atoms with Gasteiger partial charge in [0.15, 0.2) is 0 Å². The number of rotatable bonds is 5. The summed E-state index contributed by atoms with van der Waals surface area (Å²) in [5, 5.41) is -0.832. The van der Waals surface area contributed by atoms with Crippen LogP contribution in [0.25, 0.3) is 0 Å². The minimum absolute atomic E-state index is 0.0816. The number of halogens is 2. The summed E-state index contributed by atoms with van der Waals surface area (Å²) >= 11 is 0. The lowest BCUT2D eigenvalue weighted by Crippen LogP contribution is -2.34. The molecule has 1 aromatic carbocycles. The first kappa shape index (κ1) is 14.8. The van der Waals surface area contributed by atoms with Crippen LogP contribution in [0.1, 0.15) is 18.9 Å². The number of nitrogens with two attached hydrogens (primary N) is 1. The Morgan fingerprint density at radius 2 is 1.94 bits per heavy atom. The molecule has 4 nitrogen and oxygen atoms in total. The summed E-state index contributed by atoms with van der Waals surface area (Å²) < 4.78 is 52.5. The molecular weight excluding hydrogens is 262 g/mol. The molecule has 0 amide bonds. The summed E-state index contributed by atoms with van der Waals surface area (Å²) in [6.45, 7) is 2.97. The van der Waals surface area contributed by atoms with Gasteiger partial charge in [0.2, 0.25) is 10.0 Å². The molecule has 0 aliphatic carbocycles. The van der Waals surface area contributed by atoms with Gasteiger partial charge in [-0.05, 0) is 25.0 Å². The van der Waals surface area contributed by atoms with Crippen LogP contribution in [0.15, 0.2) is 12.1 Å². The van der Waals surface area contributed by atoms with E-state index >= 15 is 0 Å². The maximum absolute atomic E-state index is 13.5. The van der Waals surface area contributed by atoms with Crippen LogP contribution in [-0.4, -0.2) is 20.2 Å². The van der Waals surface area contributed by atoms with Crippen LogP contribution >= 0.6 is 0 Å². The average Bonchev–Trinajstić information content (AvgIpc) is 2.26. The number of anilines is 1. The second kappa shape index (κ2) is 5.62. The van der Waals surface area contributed by atoms with Crippen molar-refractivity contribution in [1.29, 1.82) is 0 Å². The van der Waals surface area contributed by atoms with E-state index in [2.05, 4.69) is 0 Å². The Kier molecular flexibility index (Phi) is 4.64. The second-order valence-corrected chi connectivity index (χ2v) is 5.96. The molecule has 1 unspecified atom stereocenters. The molecule has 7 heteroatoms. The molecule has 1 aromatic rings. The highest BCUT2D eigenvalue weighted by Gasteiger charge is 2.23. The fourth-order valence-corrected chi connectivity index (χ4v) is 2.80. The molecule has 0 aliphatic rings. The van der Waals surface area contributed by atoms with Crippen LogP contribution in [0.2, 0.25) is 0 Å². The third-order valence-corrected chi connectivity index (χ3v) is 4.57. The Labute approximate surface area is 105 Å². The van der Waals surface area contributed by atoms with Gasteiger partial charge in [-0.3, -0.25) is 4.72 Å². The molecule has 0 heterocycles. The van der Waals surface area contributed by atoms with Gasteiger partial charge >= 0.3 is 0 Å². The number of hydrogen-bond acceptors (Lipinski definition) is 3. The van der Waals surface area contributed by atoms with Crippen molar-refractivity contribution >= 4 is 15.7 Å². The minimum atomic E-state index is -3.81. The van der Waals surface area contributed by atoms with E-state index in [0.29, 0.717) is 6.42 Å². The largest absolute Gasteiger partial charge is 0.329 e. The van der Waals surface area contributed by atoms with E-state index in [0.717, 1.165) is 12.1 Å². The van der Waals surface area contributed by atoms with Gasteiger partial charge in [0.05, 0.1) is 10.9 Å². The SMILES string of the molecule is CCC(CN)S(=O)(=O)Nc1cc(F)c(C)cc1F. The lowest BCUT2D eigenvalue weighted by molar-refractivity contribution is 0.577. The normalized spacial score (nSPS) is 13.4. The highest BCUT2D eigenvalue weighted by atomic mass is 32.2. The molecule has 0 bridgehead atoms. The van der Waals surface area contributed by atoms with Crippen molar-refractivity contribution in [2.45, 2.75) is 25.5 Å². The zero-order valence-electron chi connectivity index (χ0n) is 10.2. The minimum Gasteiger partial charge on any atom is -0.329 e. The third kappa shape index (κ3) is 3.17. The second-order valence-electron chi connectivity index (χ2n) is 3.99. The van der Waals surface area contributed by atoms with E-state index in [9.17, 15) is 17.2 Å². The van der Waals surface area contributed by atoms with Crippen LogP contribution in [0.4, 0.5) is 14.5 Å². The van der Waals surface area contributed by atoms with Crippen molar-refractivity contribution in [1.82, 2.24) is 0 Å². The lowest BCUT2D eigenvalue weighted by atomic mass is 10.2. The molecule has 0 aliphatic heterocycles. The lowest BCUT2D eigenvalue weighted by Gasteiger charge is -2.16. The van der Waals surface area contributed by atoms with Gasteiger partial charge in [0.1, 0.15) is 11.6 Å². The first-order valence-corrected chi connectivity index (χ1v) is 7.03. The van der Waals surface area contributed by atoms with E-state index in [1.807, 2.05) is 4.72 Å². The van der Waals surface area contributed by atoms with Gasteiger partial charge in [-0.1, -0.05) is 6.92 Å². The van der Waals surface area contributed by atoms with Crippen molar-refractivity contribution in [3.05, 3.63) is 29.3 Å². The summed E-state index contributed by atoms with van der Waals surface area (Å²) in [5.41, 5.74) is 5.04.